The van der Waals surface area contributed by atoms with Crippen molar-refractivity contribution in [2.45, 2.75) is 13.3 Å². The molecule has 0 aliphatic heterocycles. The average Bonchev–Trinajstić information content (AvgIpc) is 2.38. The van der Waals surface area contributed by atoms with Crippen LogP contribution in [0.25, 0.3) is 0 Å². The van der Waals surface area contributed by atoms with Crippen molar-refractivity contribution >= 4 is 5.91 Å². The van der Waals surface area contributed by atoms with Gasteiger partial charge in [0.2, 0.25) is 0 Å². The number of aryl methyl sites for hydroxylation is 1. The molecule has 0 aliphatic rings. The summed E-state index contributed by atoms with van der Waals surface area (Å²) in [4.78, 5) is 11.7. The molecule has 0 unspecified atom stereocenters. The van der Waals surface area contributed by atoms with Crippen molar-refractivity contribution in [1.29, 1.82) is 0 Å². The molecule has 17 heavy (non-hydrogen) atoms. The lowest BCUT2D eigenvalue weighted by Crippen LogP contribution is -2.27. The number of benzene rings is 1. The molecule has 0 fully saturated rings. The maximum absolute atomic E-state index is 11.7. The predicted octanol–water partition coefficient (Wildman–Crippen LogP) is 0.988. The van der Waals surface area contributed by atoms with E-state index in [1.807, 2.05) is 24.3 Å². The molecular formula is C13H19NO3. The summed E-state index contributed by atoms with van der Waals surface area (Å²) in [6.45, 7) is 3.26. The molecule has 2 N–H and O–H groups in total. The van der Waals surface area contributed by atoms with Gasteiger partial charge in [-0.05, 0) is 24.1 Å². The van der Waals surface area contributed by atoms with Gasteiger partial charge >= 0.3 is 0 Å². The van der Waals surface area contributed by atoms with E-state index in [9.17, 15) is 4.79 Å². The zero-order valence-corrected chi connectivity index (χ0v) is 10.1. The number of carbonyl (C=O) groups excluding carboxylic acids is 1. The molecule has 4 nitrogen and oxygen atoms in total. The van der Waals surface area contributed by atoms with Gasteiger partial charge in [0.25, 0.3) is 5.91 Å². The van der Waals surface area contributed by atoms with E-state index in [0.29, 0.717) is 25.3 Å². The Morgan fingerprint density at radius 2 is 2.00 bits per heavy atom. The number of aliphatic hydroxyl groups is 1. The van der Waals surface area contributed by atoms with Crippen molar-refractivity contribution in [3.63, 3.8) is 0 Å². The van der Waals surface area contributed by atoms with Crippen molar-refractivity contribution in [2.75, 3.05) is 26.4 Å². The molecule has 1 rings (SSSR count). The van der Waals surface area contributed by atoms with Crippen LogP contribution in [0.5, 0.6) is 0 Å². The maximum Gasteiger partial charge on any atom is 0.251 e. The fourth-order valence-corrected chi connectivity index (χ4v) is 1.40. The second-order valence-electron chi connectivity index (χ2n) is 3.64. The topological polar surface area (TPSA) is 58.6 Å². The molecule has 0 radical (unpaired) electrons. The lowest BCUT2D eigenvalue weighted by atomic mass is 10.1. The summed E-state index contributed by atoms with van der Waals surface area (Å²) in [7, 11) is 0. The second kappa shape index (κ2) is 7.81. The van der Waals surface area contributed by atoms with Crippen LogP contribution in [-0.4, -0.2) is 37.4 Å². The lowest BCUT2D eigenvalue weighted by Gasteiger charge is -2.06. The van der Waals surface area contributed by atoms with Crippen molar-refractivity contribution < 1.29 is 14.6 Å². The maximum atomic E-state index is 11.7. The number of ether oxygens (including phenoxy) is 1. The molecule has 0 aromatic heterocycles. The monoisotopic (exact) mass is 237 g/mol. The molecule has 1 aromatic rings. The molecule has 0 saturated heterocycles. The predicted molar refractivity (Wildman–Crippen MR) is 66.1 cm³/mol. The first-order valence-electron chi connectivity index (χ1n) is 5.83. The number of hydrogen-bond donors (Lipinski definition) is 2. The van der Waals surface area contributed by atoms with Gasteiger partial charge in [-0.25, -0.2) is 0 Å². The van der Waals surface area contributed by atoms with Gasteiger partial charge in [-0.1, -0.05) is 19.1 Å². The molecule has 0 heterocycles. The summed E-state index contributed by atoms with van der Waals surface area (Å²) in [5.41, 5.74) is 1.87. The highest BCUT2D eigenvalue weighted by atomic mass is 16.5. The van der Waals surface area contributed by atoms with E-state index >= 15 is 0 Å². The second-order valence-corrected chi connectivity index (χ2v) is 3.64. The zero-order chi connectivity index (χ0) is 12.5. The Kier molecular flexibility index (Phi) is 6.29. The van der Waals surface area contributed by atoms with E-state index < -0.39 is 0 Å². The number of amides is 1. The van der Waals surface area contributed by atoms with Crippen LogP contribution in [0.15, 0.2) is 24.3 Å². The lowest BCUT2D eigenvalue weighted by molar-refractivity contribution is 0.0838. The summed E-state index contributed by atoms with van der Waals surface area (Å²) in [5.74, 6) is -0.0970. The normalized spacial score (nSPS) is 10.2. The number of nitrogens with one attached hydrogen (secondary N) is 1. The molecular weight excluding hydrogens is 218 g/mol. The van der Waals surface area contributed by atoms with Gasteiger partial charge in [-0.15, -0.1) is 0 Å². The van der Waals surface area contributed by atoms with Crippen LogP contribution in [0.1, 0.15) is 22.8 Å². The highest BCUT2D eigenvalue weighted by Crippen LogP contribution is 2.04. The SMILES string of the molecule is CCc1ccc(C(=O)NCCOCCO)cc1. The first-order chi connectivity index (χ1) is 8.27. The summed E-state index contributed by atoms with van der Waals surface area (Å²) in [6.07, 6.45) is 0.969. The number of aliphatic hydroxyl groups excluding tert-OH is 1. The fraction of sp³-hybridized carbons (Fsp3) is 0.462. The van der Waals surface area contributed by atoms with Crippen molar-refractivity contribution in [3.8, 4) is 0 Å². The van der Waals surface area contributed by atoms with Gasteiger partial charge in [-0.3, -0.25) is 4.79 Å². The van der Waals surface area contributed by atoms with Crippen LogP contribution in [0, 0.1) is 0 Å². The van der Waals surface area contributed by atoms with Crippen molar-refractivity contribution in [1.82, 2.24) is 5.32 Å². The molecule has 1 amide bonds. The molecule has 1 aromatic carbocycles. The van der Waals surface area contributed by atoms with Crippen LogP contribution < -0.4 is 5.32 Å². The highest BCUT2D eigenvalue weighted by molar-refractivity contribution is 5.94. The van der Waals surface area contributed by atoms with E-state index in [0.717, 1.165) is 6.42 Å². The zero-order valence-electron chi connectivity index (χ0n) is 10.1. The minimum absolute atomic E-state index is 0.00638. The Balaban J connectivity index is 2.31. The van der Waals surface area contributed by atoms with Gasteiger partial charge in [0, 0.05) is 12.1 Å². The first-order valence-corrected chi connectivity index (χ1v) is 5.83. The number of hydrogen-bond acceptors (Lipinski definition) is 3. The van der Waals surface area contributed by atoms with E-state index in [4.69, 9.17) is 9.84 Å². The molecule has 94 valence electrons. The van der Waals surface area contributed by atoms with Crippen LogP contribution in [0.4, 0.5) is 0 Å². The minimum atomic E-state index is -0.0970. The third kappa shape index (κ3) is 4.97. The van der Waals surface area contributed by atoms with Crippen LogP contribution >= 0.6 is 0 Å². The third-order valence-corrected chi connectivity index (χ3v) is 2.39. The third-order valence-electron chi connectivity index (χ3n) is 2.39. The summed E-state index contributed by atoms with van der Waals surface area (Å²) < 4.78 is 5.04. The summed E-state index contributed by atoms with van der Waals surface area (Å²) >= 11 is 0. The number of carbonyl (C=O) groups is 1. The van der Waals surface area contributed by atoms with E-state index in [-0.39, 0.29) is 12.5 Å². The summed E-state index contributed by atoms with van der Waals surface area (Å²) in [6, 6.07) is 7.56. The molecule has 0 atom stereocenters. The van der Waals surface area contributed by atoms with Crippen LogP contribution in [0.3, 0.4) is 0 Å². The van der Waals surface area contributed by atoms with Crippen molar-refractivity contribution in [2.24, 2.45) is 0 Å². The Labute approximate surface area is 102 Å². The highest BCUT2D eigenvalue weighted by Gasteiger charge is 2.03. The van der Waals surface area contributed by atoms with Gasteiger partial charge in [0.15, 0.2) is 0 Å². The summed E-state index contributed by atoms with van der Waals surface area (Å²) in [5, 5.41) is 11.2. The minimum Gasteiger partial charge on any atom is -0.394 e. The molecule has 0 saturated carbocycles. The largest absolute Gasteiger partial charge is 0.394 e. The molecule has 0 aliphatic carbocycles. The molecule has 4 heteroatoms. The van der Waals surface area contributed by atoms with Gasteiger partial charge in [0.1, 0.15) is 0 Å². The quantitative estimate of drug-likeness (QED) is 0.695. The fourth-order valence-electron chi connectivity index (χ4n) is 1.40. The standard InChI is InChI=1S/C13H19NO3/c1-2-11-3-5-12(6-4-11)13(16)14-7-9-17-10-8-15/h3-6,15H,2,7-10H2,1H3,(H,14,16). The van der Waals surface area contributed by atoms with E-state index in [2.05, 4.69) is 12.2 Å². The Bertz CT molecular complexity index is 335. The van der Waals surface area contributed by atoms with E-state index in [1.54, 1.807) is 0 Å². The Morgan fingerprint density at radius 3 is 2.59 bits per heavy atom. The Morgan fingerprint density at radius 1 is 1.29 bits per heavy atom. The van der Waals surface area contributed by atoms with Crippen molar-refractivity contribution in [3.05, 3.63) is 35.4 Å². The van der Waals surface area contributed by atoms with Gasteiger partial charge in [-0.2, -0.15) is 0 Å². The molecule has 0 spiro atoms. The Hall–Kier alpha value is -1.39. The van der Waals surface area contributed by atoms with Gasteiger partial charge < -0.3 is 15.2 Å². The number of rotatable bonds is 7. The smallest absolute Gasteiger partial charge is 0.251 e. The average molecular weight is 237 g/mol. The van der Waals surface area contributed by atoms with Crippen LogP contribution in [-0.2, 0) is 11.2 Å². The first kappa shape index (κ1) is 13.7. The van der Waals surface area contributed by atoms with E-state index in [1.165, 1.54) is 5.56 Å². The molecule has 0 bridgehead atoms. The van der Waals surface area contributed by atoms with Gasteiger partial charge in [0.05, 0.1) is 19.8 Å². The van der Waals surface area contributed by atoms with Crippen LogP contribution in [0.2, 0.25) is 0 Å².